The van der Waals surface area contributed by atoms with Crippen LogP contribution in [0.4, 0.5) is 0 Å². The summed E-state index contributed by atoms with van der Waals surface area (Å²) in [5.41, 5.74) is 0. The molecule has 6 heteroatoms. The van der Waals surface area contributed by atoms with Gasteiger partial charge in [0.25, 0.3) is 0 Å². The number of benzene rings is 1. The minimum Gasteiger partial charge on any atom is -0.492 e. The zero-order valence-electron chi connectivity index (χ0n) is 14.1. The van der Waals surface area contributed by atoms with Crippen molar-refractivity contribution in [2.24, 2.45) is 11.8 Å². The van der Waals surface area contributed by atoms with Crippen LogP contribution >= 0.6 is 11.6 Å². The second kappa shape index (κ2) is 7.86. The Bertz CT molecular complexity index is 623. The number of rotatable bonds is 6. The first-order valence-electron chi connectivity index (χ1n) is 8.27. The van der Waals surface area contributed by atoms with Gasteiger partial charge in [-0.3, -0.25) is 0 Å². The summed E-state index contributed by atoms with van der Waals surface area (Å²) in [5.74, 6) is 1.20. The summed E-state index contributed by atoms with van der Waals surface area (Å²) in [6.45, 7) is 7.95. The van der Waals surface area contributed by atoms with Crippen LogP contribution in [0.25, 0.3) is 0 Å². The van der Waals surface area contributed by atoms with Crippen LogP contribution in [0.1, 0.15) is 40.0 Å². The molecule has 1 saturated heterocycles. The first-order valence-corrected chi connectivity index (χ1v) is 10.1. The fourth-order valence-electron chi connectivity index (χ4n) is 3.03. The van der Waals surface area contributed by atoms with Crippen LogP contribution in [0.2, 0.25) is 5.02 Å². The summed E-state index contributed by atoms with van der Waals surface area (Å²) < 4.78 is 33.0. The van der Waals surface area contributed by atoms with Crippen molar-refractivity contribution in [1.29, 1.82) is 0 Å². The van der Waals surface area contributed by atoms with Crippen molar-refractivity contribution >= 4 is 21.6 Å². The van der Waals surface area contributed by atoms with E-state index in [9.17, 15) is 8.42 Å². The number of hydrogen-bond acceptors (Lipinski definition) is 3. The molecule has 130 valence electrons. The highest BCUT2D eigenvalue weighted by Gasteiger charge is 2.32. The van der Waals surface area contributed by atoms with Crippen molar-refractivity contribution in [3.05, 3.63) is 23.2 Å². The highest BCUT2D eigenvalue weighted by molar-refractivity contribution is 7.89. The number of halogens is 1. The zero-order chi connectivity index (χ0) is 17.0. The Kier molecular flexibility index (Phi) is 6.34. The van der Waals surface area contributed by atoms with E-state index in [0.29, 0.717) is 42.3 Å². The molecule has 1 heterocycles. The molecule has 4 nitrogen and oxygen atoms in total. The molecule has 1 aromatic rings. The molecule has 23 heavy (non-hydrogen) atoms. The van der Waals surface area contributed by atoms with E-state index in [1.807, 2.05) is 0 Å². The normalized spacial score (nSPS) is 23.0. The molecule has 0 saturated carbocycles. The maximum absolute atomic E-state index is 12.9. The van der Waals surface area contributed by atoms with Crippen molar-refractivity contribution in [3.63, 3.8) is 0 Å². The third kappa shape index (κ3) is 4.61. The molecular weight excluding hydrogens is 334 g/mol. The van der Waals surface area contributed by atoms with Gasteiger partial charge in [-0.25, -0.2) is 8.42 Å². The maximum atomic E-state index is 12.9. The first kappa shape index (κ1) is 18.6. The van der Waals surface area contributed by atoms with Crippen molar-refractivity contribution < 1.29 is 13.2 Å². The smallest absolute Gasteiger partial charge is 0.243 e. The molecule has 1 fully saturated rings. The molecule has 1 aliphatic heterocycles. The summed E-state index contributed by atoms with van der Waals surface area (Å²) >= 11 is 6.12. The van der Waals surface area contributed by atoms with E-state index in [1.54, 1.807) is 22.5 Å². The summed E-state index contributed by atoms with van der Waals surface area (Å²) in [4.78, 5) is 0.259. The van der Waals surface area contributed by atoms with Gasteiger partial charge in [-0.05, 0) is 36.8 Å². The van der Waals surface area contributed by atoms with Gasteiger partial charge in [0.1, 0.15) is 5.75 Å². The van der Waals surface area contributed by atoms with Crippen LogP contribution in [0.5, 0.6) is 5.75 Å². The number of nitrogens with zero attached hydrogens (tertiary/aromatic N) is 1. The highest BCUT2D eigenvalue weighted by Crippen LogP contribution is 2.31. The predicted molar refractivity (Wildman–Crippen MR) is 93.6 cm³/mol. The lowest BCUT2D eigenvalue weighted by Crippen LogP contribution is -2.42. The van der Waals surface area contributed by atoms with Gasteiger partial charge < -0.3 is 4.74 Å². The molecule has 1 aliphatic rings. The van der Waals surface area contributed by atoms with Gasteiger partial charge in [0.15, 0.2) is 0 Å². The molecule has 2 rings (SSSR count). The molecule has 2 unspecified atom stereocenters. The average molecular weight is 360 g/mol. The van der Waals surface area contributed by atoms with Gasteiger partial charge in [0.05, 0.1) is 16.5 Å². The summed E-state index contributed by atoms with van der Waals surface area (Å²) in [6.07, 6.45) is 2.99. The standard InChI is InChI=1S/C17H26ClNO3S/c1-4-5-8-22-17-10-15(6-7-16(17)18)23(20,21)19-11-13(2)9-14(3)12-19/h6-7,10,13-14H,4-5,8-9,11-12H2,1-3H3. The van der Waals surface area contributed by atoms with Crippen LogP contribution < -0.4 is 4.74 Å². The Morgan fingerprint density at radius 2 is 1.91 bits per heavy atom. The molecule has 0 N–H and O–H groups in total. The second-order valence-electron chi connectivity index (χ2n) is 6.56. The molecule has 0 aliphatic carbocycles. The Morgan fingerprint density at radius 3 is 2.52 bits per heavy atom. The summed E-state index contributed by atoms with van der Waals surface area (Å²) in [6, 6.07) is 4.72. The molecule has 0 amide bonds. The highest BCUT2D eigenvalue weighted by atomic mass is 35.5. The minimum atomic E-state index is -3.50. The SMILES string of the molecule is CCCCOc1cc(S(=O)(=O)N2CC(C)CC(C)C2)ccc1Cl. The molecular formula is C17H26ClNO3S. The van der Waals surface area contributed by atoms with Crippen molar-refractivity contribution in [2.45, 2.75) is 44.9 Å². The number of piperidine rings is 1. The number of hydrogen-bond donors (Lipinski definition) is 0. The summed E-state index contributed by atoms with van der Waals surface area (Å²) in [7, 11) is -3.50. The average Bonchev–Trinajstić information content (AvgIpc) is 2.48. The predicted octanol–water partition coefficient (Wildman–Crippen LogP) is 4.19. The molecule has 0 spiro atoms. The number of ether oxygens (including phenoxy) is 1. The van der Waals surface area contributed by atoms with Gasteiger partial charge in [-0.1, -0.05) is 38.8 Å². The lowest BCUT2D eigenvalue weighted by Gasteiger charge is -2.34. The van der Waals surface area contributed by atoms with Crippen molar-refractivity contribution in [1.82, 2.24) is 4.31 Å². The Hall–Kier alpha value is -0.780. The van der Waals surface area contributed by atoms with E-state index in [4.69, 9.17) is 16.3 Å². The van der Waals surface area contributed by atoms with Gasteiger partial charge in [0, 0.05) is 19.2 Å². The quantitative estimate of drug-likeness (QED) is 0.715. The fourth-order valence-corrected chi connectivity index (χ4v) is 4.90. The van der Waals surface area contributed by atoms with E-state index < -0.39 is 10.0 Å². The first-order chi connectivity index (χ1) is 10.8. The third-order valence-electron chi connectivity index (χ3n) is 4.13. The van der Waals surface area contributed by atoms with Gasteiger partial charge in [-0.15, -0.1) is 0 Å². The van der Waals surface area contributed by atoms with Crippen molar-refractivity contribution in [2.75, 3.05) is 19.7 Å². The van der Waals surface area contributed by atoms with E-state index in [2.05, 4.69) is 20.8 Å². The molecule has 2 atom stereocenters. The lowest BCUT2D eigenvalue weighted by atomic mass is 9.94. The largest absolute Gasteiger partial charge is 0.492 e. The topological polar surface area (TPSA) is 46.6 Å². The monoisotopic (exact) mass is 359 g/mol. The molecule has 1 aromatic carbocycles. The van der Waals surface area contributed by atoms with Gasteiger partial charge in [-0.2, -0.15) is 4.31 Å². The second-order valence-corrected chi connectivity index (χ2v) is 8.91. The molecule has 0 radical (unpaired) electrons. The minimum absolute atomic E-state index is 0.259. The number of sulfonamides is 1. The summed E-state index contributed by atoms with van der Waals surface area (Å²) in [5, 5.41) is 0.445. The van der Waals surface area contributed by atoms with Crippen molar-refractivity contribution in [3.8, 4) is 5.75 Å². The fraction of sp³-hybridized carbons (Fsp3) is 0.647. The third-order valence-corrected chi connectivity index (χ3v) is 6.27. The van der Waals surface area contributed by atoms with Crippen LogP contribution in [0.15, 0.2) is 23.1 Å². The van der Waals surface area contributed by atoms with Crippen LogP contribution in [0, 0.1) is 11.8 Å². The Balaban J connectivity index is 2.23. The van der Waals surface area contributed by atoms with Crippen LogP contribution in [-0.4, -0.2) is 32.4 Å². The maximum Gasteiger partial charge on any atom is 0.243 e. The Morgan fingerprint density at radius 1 is 1.26 bits per heavy atom. The molecule has 0 aromatic heterocycles. The Labute approximate surface area is 144 Å². The molecule has 0 bridgehead atoms. The van der Waals surface area contributed by atoms with E-state index in [-0.39, 0.29) is 4.90 Å². The van der Waals surface area contributed by atoms with Crippen LogP contribution in [-0.2, 0) is 10.0 Å². The van der Waals surface area contributed by atoms with Gasteiger partial charge >= 0.3 is 0 Å². The van der Waals surface area contributed by atoms with E-state index in [1.165, 1.54) is 0 Å². The van der Waals surface area contributed by atoms with E-state index >= 15 is 0 Å². The van der Waals surface area contributed by atoms with Crippen LogP contribution in [0.3, 0.4) is 0 Å². The number of unbranched alkanes of at least 4 members (excludes halogenated alkanes) is 1. The lowest BCUT2D eigenvalue weighted by molar-refractivity contribution is 0.222. The zero-order valence-corrected chi connectivity index (χ0v) is 15.7. The van der Waals surface area contributed by atoms with Gasteiger partial charge in [0.2, 0.25) is 10.0 Å². The van der Waals surface area contributed by atoms with E-state index in [0.717, 1.165) is 19.3 Å².